The molecule has 0 atom stereocenters. The van der Waals surface area contributed by atoms with E-state index in [2.05, 4.69) is 5.92 Å². The lowest BCUT2D eigenvalue weighted by Crippen LogP contribution is -2.06. The van der Waals surface area contributed by atoms with E-state index >= 15 is 0 Å². The maximum Gasteiger partial charge on any atom is 0.309 e. The lowest BCUT2D eigenvalue weighted by atomic mass is 10.1. The summed E-state index contributed by atoms with van der Waals surface area (Å²) in [6.07, 6.45) is 7.04. The fourth-order valence-corrected chi connectivity index (χ4v) is 1.55. The van der Waals surface area contributed by atoms with Gasteiger partial charge in [-0.3, -0.25) is 4.79 Å². The third kappa shape index (κ3) is 3.90. The Morgan fingerprint density at radius 3 is 2.39 bits per heavy atom. The zero-order valence-corrected chi connectivity index (χ0v) is 10.2. The summed E-state index contributed by atoms with van der Waals surface area (Å²) >= 11 is 0. The van der Waals surface area contributed by atoms with Crippen molar-refractivity contribution >= 4 is 5.97 Å². The van der Waals surface area contributed by atoms with E-state index in [1.165, 1.54) is 0 Å². The predicted molar refractivity (Wildman–Crippen MR) is 67.5 cm³/mol. The maximum absolute atomic E-state index is 11.4. The lowest BCUT2D eigenvalue weighted by molar-refractivity contribution is -0.146. The van der Waals surface area contributed by atoms with Crippen molar-refractivity contribution in [3.8, 4) is 12.3 Å². The van der Waals surface area contributed by atoms with Crippen molar-refractivity contribution in [2.45, 2.75) is 26.1 Å². The first kappa shape index (κ1) is 12.7. The lowest BCUT2D eigenvalue weighted by Gasteiger charge is -2.05. The van der Waals surface area contributed by atoms with Crippen LogP contribution in [0.4, 0.5) is 0 Å². The zero-order valence-electron chi connectivity index (χ0n) is 10.2. The minimum absolute atomic E-state index is 0.0727. The summed E-state index contributed by atoms with van der Waals surface area (Å²) in [5.74, 6) is 2.50. The number of benzene rings is 1. The molecule has 0 spiro atoms. The highest BCUT2D eigenvalue weighted by Crippen LogP contribution is 2.30. The molecule has 0 radical (unpaired) electrons. The average molecular weight is 244 g/mol. The van der Waals surface area contributed by atoms with Crippen molar-refractivity contribution in [3.63, 3.8) is 0 Å². The molecule has 0 aromatic heterocycles. The number of hydrogen-bond donors (Lipinski definition) is 0. The molecule has 1 fully saturated rings. The summed E-state index contributed by atoms with van der Waals surface area (Å²) in [5.41, 5.74) is 2.05. The van der Waals surface area contributed by atoms with Gasteiger partial charge in [0, 0.05) is 0 Å². The third-order valence-electron chi connectivity index (χ3n) is 2.77. The molecule has 18 heavy (non-hydrogen) atoms. The van der Waals surface area contributed by atoms with E-state index in [1.54, 1.807) is 0 Å². The molecule has 2 rings (SSSR count). The summed E-state index contributed by atoms with van der Waals surface area (Å²) < 4.78 is 10.4. The number of esters is 1. The van der Waals surface area contributed by atoms with Crippen molar-refractivity contribution in [2.24, 2.45) is 5.92 Å². The molecule has 1 aromatic rings. The molecule has 1 saturated carbocycles. The fourth-order valence-electron chi connectivity index (χ4n) is 1.55. The molecule has 3 nitrogen and oxygen atoms in total. The number of ether oxygens (including phenoxy) is 2. The van der Waals surface area contributed by atoms with Crippen LogP contribution in [-0.2, 0) is 27.5 Å². The Morgan fingerprint density at radius 1 is 1.22 bits per heavy atom. The highest BCUT2D eigenvalue weighted by atomic mass is 16.5. The quantitative estimate of drug-likeness (QED) is 0.437. The van der Waals surface area contributed by atoms with Gasteiger partial charge in [0.15, 0.2) is 0 Å². The largest absolute Gasteiger partial charge is 0.461 e. The first-order chi connectivity index (χ1) is 8.79. The summed E-state index contributed by atoms with van der Waals surface area (Å²) in [7, 11) is 0. The molecule has 0 saturated heterocycles. The van der Waals surface area contributed by atoms with E-state index in [0.29, 0.717) is 19.8 Å². The van der Waals surface area contributed by atoms with Gasteiger partial charge in [-0.25, -0.2) is 0 Å². The Balaban J connectivity index is 1.76. The Hall–Kier alpha value is -1.79. The highest BCUT2D eigenvalue weighted by Gasteiger charge is 2.31. The number of carbonyl (C=O) groups is 1. The SMILES string of the molecule is C#CCOCc1ccc(COC(=O)C2CC2)cc1. The summed E-state index contributed by atoms with van der Waals surface area (Å²) in [5, 5.41) is 0. The molecule has 0 heterocycles. The van der Waals surface area contributed by atoms with E-state index < -0.39 is 0 Å². The molecule has 0 amide bonds. The maximum atomic E-state index is 11.4. The van der Waals surface area contributed by atoms with Gasteiger partial charge >= 0.3 is 5.97 Å². The number of hydrogen-bond acceptors (Lipinski definition) is 3. The smallest absolute Gasteiger partial charge is 0.309 e. The van der Waals surface area contributed by atoms with Crippen molar-refractivity contribution in [1.29, 1.82) is 0 Å². The Labute approximate surface area is 107 Å². The van der Waals surface area contributed by atoms with Crippen LogP contribution in [0.2, 0.25) is 0 Å². The second-order valence-electron chi connectivity index (χ2n) is 4.40. The van der Waals surface area contributed by atoms with Crippen molar-refractivity contribution in [1.82, 2.24) is 0 Å². The molecule has 0 aliphatic heterocycles. The molecule has 0 N–H and O–H groups in total. The molecule has 94 valence electrons. The molecule has 1 aliphatic rings. The monoisotopic (exact) mass is 244 g/mol. The first-order valence-electron chi connectivity index (χ1n) is 6.05. The Morgan fingerprint density at radius 2 is 1.83 bits per heavy atom. The van der Waals surface area contributed by atoms with Gasteiger partial charge in [-0.05, 0) is 24.0 Å². The van der Waals surface area contributed by atoms with Crippen LogP contribution in [0.15, 0.2) is 24.3 Å². The van der Waals surface area contributed by atoms with E-state index in [4.69, 9.17) is 15.9 Å². The summed E-state index contributed by atoms with van der Waals surface area (Å²) in [6.45, 7) is 1.17. The minimum Gasteiger partial charge on any atom is -0.461 e. The summed E-state index contributed by atoms with van der Waals surface area (Å²) in [4.78, 5) is 11.4. The molecule has 0 bridgehead atoms. The van der Waals surface area contributed by atoms with E-state index in [9.17, 15) is 4.79 Å². The first-order valence-corrected chi connectivity index (χ1v) is 6.05. The minimum atomic E-state index is -0.0727. The Bertz CT molecular complexity index is 438. The highest BCUT2D eigenvalue weighted by molar-refractivity contribution is 5.74. The molecule has 1 aliphatic carbocycles. The van der Waals surface area contributed by atoms with Gasteiger partial charge in [0.05, 0.1) is 12.5 Å². The predicted octanol–water partition coefficient (Wildman–Crippen LogP) is 2.29. The average Bonchev–Trinajstić information content (AvgIpc) is 3.22. The van der Waals surface area contributed by atoms with Gasteiger partial charge in [-0.2, -0.15) is 0 Å². The molecule has 0 unspecified atom stereocenters. The van der Waals surface area contributed by atoms with Gasteiger partial charge in [0.2, 0.25) is 0 Å². The van der Waals surface area contributed by atoms with Crippen LogP contribution >= 0.6 is 0 Å². The van der Waals surface area contributed by atoms with Crippen LogP contribution in [0.1, 0.15) is 24.0 Å². The van der Waals surface area contributed by atoms with Crippen LogP contribution in [0.5, 0.6) is 0 Å². The second-order valence-corrected chi connectivity index (χ2v) is 4.40. The van der Waals surface area contributed by atoms with E-state index in [-0.39, 0.29) is 11.9 Å². The standard InChI is InChI=1S/C15H16O3/c1-2-9-17-10-12-3-5-13(6-4-12)11-18-15(16)14-7-8-14/h1,3-6,14H,7-11H2. The van der Waals surface area contributed by atoms with Gasteiger partial charge < -0.3 is 9.47 Å². The van der Waals surface area contributed by atoms with Gasteiger partial charge in [0.25, 0.3) is 0 Å². The van der Waals surface area contributed by atoms with Crippen LogP contribution in [0, 0.1) is 18.3 Å². The van der Waals surface area contributed by atoms with Crippen molar-refractivity contribution < 1.29 is 14.3 Å². The number of rotatable bonds is 6. The fraction of sp³-hybridized carbons (Fsp3) is 0.400. The number of carbonyl (C=O) groups excluding carboxylic acids is 1. The van der Waals surface area contributed by atoms with Crippen LogP contribution in [0.3, 0.4) is 0 Å². The molecule has 3 heteroatoms. The topological polar surface area (TPSA) is 35.5 Å². The normalized spacial score (nSPS) is 13.9. The van der Waals surface area contributed by atoms with E-state index in [0.717, 1.165) is 24.0 Å². The van der Waals surface area contributed by atoms with Crippen molar-refractivity contribution in [2.75, 3.05) is 6.61 Å². The third-order valence-corrected chi connectivity index (χ3v) is 2.77. The van der Waals surface area contributed by atoms with Crippen molar-refractivity contribution in [3.05, 3.63) is 35.4 Å². The van der Waals surface area contributed by atoms with E-state index in [1.807, 2.05) is 24.3 Å². The molecule has 1 aromatic carbocycles. The number of terminal acetylenes is 1. The van der Waals surface area contributed by atoms with Crippen LogP contribution in [-0.4, -0.2) is 12.6 Å². The molecular formula is C15H16O3. The molecular weight excluding hydrogens is 228 g/mol. The second kappa shape index (κ2) is 6.23. The summed E-state index contributed by atoms with van der Waals surface area (Å²) in [6, 6.07) is 7.79. The van der Waals surface area contributed by atoms with Gasteiger partial charge in [0.1, 0.15) is 13.2 Å². The van der Waals surface area contributed by atoms with Gasteiger partial charge in [-0.15, -0.1) is 6.42 Å². The van der Waals surface area contributed by atoms with Gasteiger partial charge in [-0.1, -0.05) is 30.2 Å². The zero-order chi connectivity index (χ0) is 12.8. The Kier molecular flexibility index (Phi) is 4.38. The van der Waals surface area contributed by atoms with Crippen LogP contribution in [0.25, 0.3) is 0 Å². The van der Waals surface area contributed by atoms with Crippen LogP contribution < -0.4 is 0 Å².